The van der Waals surface area contributed by atoms with Crippen molar-refractivity contribution in [1.82, 2.24) is 19.1 Å². The van der Waals surface area contributed by atoms with Crippen LogP contribution in [0.2, 0.25) is 0 Å². The van der Waals surface area contributed by atoms with Gasteiger partial charge in [-0.2, -0.15) is 9.40 Å². The summed E-state index contributed by atoms with van der Waals surface area (Å²) in [5, 5.41) is 23.6. The minimum absolute atomic E-state index is 0.00870. The van der Waals surface area contributed by atoms with Crippen LogP contribution in [0.4, 0.5) is 0 Å². The molecular weight excluding hydrogens is 448 g/mol. The van der Waals surface area contributed by atoms with Crippen LogP contribution in [0.25, 0.3) is 22.2 Å². The molecule has 0 bridgehead atoms. The number of H-pyrrole nitrogens is 1. The highest BCUT2D eigenvalue weighted by Crippen LogP contribution is 2.33. The molecule has 1 aromatic carbocycles. The smallest absolute Gasteiger partial charge is 0.274 e. The Kier molecular flexibility index (Phi) is 7.90. The molecular formula is C22H30N4O6S. The van der Waals surface area contributed by atoms with E-state index in [1.54, 1.807) is 17.8 Å². The molecule has 2 aromatic heterocycles. The maximum Gasteiger partial charge on any atom is 0.274 e. The Morgan fingerprint density at radius 3 is 2.58 bits per heavy atom. The number of aliphatic hydroxyl groups is 2. The Bertz CT molecular complexity index is 1280. The molecule has 0 saturated heterocycles. The zero-order valence-corrected chi connectivity index (χ0v) is 19.9. The number of aryl methyl sites for hydroxylation is 2. The zero-order chi connectivity index (χ0) is 24.2. The average Bonchev–Trinajstić information content (AvgIpc) is 3.11. The fourth-order valence-corrected chi connectivity index (χ4v) is 5.36. The summed E-state index contributed by atoms with van der Waals surface area (Å²) in [6, 6.07) is 6.19. The Balaban J connectivity index is 2.18. The number of sulfonamides is 1. The summed E-state index contributed by atoms with van der Waals surface area (Å²) >= 11 is 0. The van der Waals surface area contributed by atoms with Crippen LogP contribution in [0.5, 0.6) is 5.75 Å². The van der Waals surface area contributed by atoms with Gasteiger partial charge < -0.3 is 19.9 Å². The molecule has 0 radical (unpaired) electrons. The Labute approximate surface area is 192 Å². The van der Waals surface area contributed by atoms with Crippen molar-refractivity contribution in [3.05, 3.63) is 40.3 Å². The van der Waals surface area contributed by atoms with Crippen LogP contribution in [0, 0.1) is 0 Å². The van der Waals surface area contributed by atoms with E-state index in [9.17, 15) is 18.3 Å². The first-order chi connectivity index (χ1) is 15.8. The largest absolute Gasteiger partial charge is 0.496 e. The van der Waals surface area contributed by atoms with Gasteiger partial charge in [0.25, 0.3) is 5.56 Å². The third kappa shape index (κ3) is 4.96. The highest BCUT2D eigenvalue weighted by Gasteiger charge is 2.25. The van der Waals surface area contributed by atoms with Crippen LogP contribution in [-0.4, -0.2) is 71.1 Å². The van der Waals surface area contributed by atoms with E-state index in [2.05, 4.69) is 10.1 Å². The molecule has 0 aliphatic heterocycles. The van der Waals surface area contributed by atoms with E-state index in [1.807, 2.05) is 6.92 Å². The predicted molar refractivity (Wildman–Crippen MR) is 125 cm³/mol. The van der Waals surface area contributed by atoms with Crippen molar-refractivity contribution in [2.75, 3.05) is 33.4 Å². The number of nitrogens with one attached hydrogen (secondary N) is 1. The van der Waals surface area contributed by atoms with Gasteiger partial charge in [-0.05, 0) is 37.1 Å². The zero-order valence-electron chi connectivity index (χ0n) is 19.0. The van der Waals surface area contributed by atoms with Crippen molar-refractivity contribution in [3.8, 4) is 17.0 Å². The standard InChI is InChI=1S/C22H30N4O6S/c1-4-6-18-17-14-19(23-22(29)21(17)25(2)24-18)16-13-15(7-8-20(16)32-3)33(30,31)26(10-12-28)9-5-11-27/h7-8,13-14,27-28H,4-6,9-12H2,1-3H3,(H,23,29). The monoisotopic (exact) mass is 478 g/mol. The number of aromatic amines is 1. The van der Waals surface area contributed by atoms with E-state index >= 15 is 0 Å². The molecule has 3 rings (SSSR count). The molecule has 2 heterocycles. The summed E-state index contributed by atoms with van der Waals surface area (Å²) in [7, 11) is -0.776. The molecule has 180 valence electrons. The summed E-state index contributed by atoms with van der Waals surface area (Å²) < 4.78 is 34.6. The Morgan fingerprint density at radius 1 is 1.18 bits per heavy atom. The summed E-state index contributed by atoms with van der Waals surface area (Å²) in [6.45, 7) is 1.49. The van der Waals surface area contributed by atoms with Crippen LogP contribution in [-0.2, 0) is 23.5 Å². The van der Waals surface area contributed by atoms with Gasteiger partial charge in [-0.1, -0.05) is 13.3 Å². The number of fused-ring (bicyclic) bond motifs is 1. The number of nitrogens with zero attached hydrogens (tertiary/aromatic N) is 3. The van der Waals surface area contributed by atoms with Gasteiger partial charge in [-0.3, -0.25) is 9.48 Å². The van der Waals surface area contributed by atoms with E-state index in [-0.39, 0.29) is 43.2 Å². The predicted octanol–water partition coefficient (Wildman–Crippen LogP) is 1.26. The van der Waals surface area contributed by atoms with Crippen LogP contribution in [0.15, 0.2) is 34.0 Å². The molecule has 0 aliphatic carbocycles. The lowest BCUT2D eigenvalue weighted by atomic mass is 10.1. The molecule has 0 saturated carbocycles. The number of rotatable bonds is 11. The summed E-state index contributed by atoms with van der Waals surface area (Å²) in [6.07, 6.45) is 1.81. The van der Waals surface area contributed by atoms with Crippen LogP contribution in [0.3, 0.4) is 0 Å². The number of pyridine rings is 1. The molecule has 0 spiro atoms. The minimum atomic E-state index is -3.96. The molecule has 0 amide bonds. The fourth-order valence-electron chi connectivity index (χ4n) is 3.86. The number of ether oxygens (including phenoxy) is 1. The number of benzene rings is 1. The van der Waals surface area contributed by atoms with Crippen molar-refractivity contribution in [1.29, 1.82) is 0 Å². The third-order valence-corrected chi connectivity index (χ3v) is 7.31. The van der Waals surface area contributed by atoms with E-state index in [4.69, 9.17) is 9.84 Å². The number of hydrogen-bond acceptors (Lipinski definition) is 7. The minimum Gasteiger partial charge on any atom is -0.496 e. The van der Waals surface area contributed by atoms with Gasteiger partial charge >= 0.3 is 0 Å². The Hall–Kier alpha value is -2.73. The molecule has 3 N–H and O–H groups in total. The van der Waals surface area contributed by atoms with Gasteiger partial charge in [0, 0.05) is 37.7 Å². The third-order valence-electron chi connectivity index (χ3n) is 5.41. The molecule has 0 fully saturated rings. The number of aromatic nitrogens is 3. The van der Waals surface area contributed by atoms with Gasteiger partial charge in [0.05, 0.1) is 30.0 Å². The second kappa shape index (κ2) is 10.5. The molecule has 11 heteroatoms. The fraction of sp³-hybridized carbons (Fsp3) is 0.455. The second-order valence-corrected chi connectivity index (χ2v) is 9.60. The average molecular weight is 479 g/mol. The number of aliphatic hydroxyl groups excluding tert-OH is 2. The van der Waals surface area contributed by atoms with Crippen molar-refractivity contribution in [2.24, 2.45) is 7.05 Å². The SMILES string of the molecule is CCCc1nn(C)c2c(=O)[nH]c(-c3cc(S(=O)(=O)N(CCO)CCCO)ccc3OC)cc12. The van der Waals surface area contributed by atoms with E-state index in [0.717, 1.165) is 16.4 Å². The lowest BCUT2D eigenvalue weighted by molar-refractivity contribution is 0.234. The number of hydrogen-bond donors (Lipinski definition) is 3. The van der Waals surface area contributed by atoms with Gasteiger partial charge in [0.15, 0.2) is 0 Å². The van der Waals surface area contributed by atoms with E-state index in [0.29, 0.717) is 34.3 Å². The van der Waals surface area contributed by atoms with Gasteiger partial charge in [-0.25, -0.2) is 8.42 Å². The summed E-state index contributed by atoms with van der Waals surface area (Å²) in [4.78, 5) is 15.7. The topological polar surface area (TPSA) is 138 Å². The lowest BCUT2D eigenvalue weighted by Gasteiger charge is -2.21. The van der Waals surface area contributed by atoms with E-state index < -0.39 is 10.0 Å². The van der Waals surface area contributed by atoms with Crippen LogP contribution < -0.4 is 10.3 Å². The van der Waals surface area contributed by atoms with E-state index in [1.165, 1.54) is 25.3 Å². The molecule has 33 heavy (non-hydrogen) atoms. The summed E-state index contributed by atoms with van der Waals surface area (Å²) in [5.41, 5.74) is 1.73. The first kappa shape index (κ1) is 24.9. The van der Waals surface area contributed by atoms with Gasteiger partial charge in [-0.15, -0.1) is 0 Å². The van der Waals surface area contributed by atoms with Crippen molar-refractivity contribution in [3.63, 3.8) is 0 Å². The van der Waals surface area contributed by atoms with Crippen molar-refractivity contribution < 1.29 is 23.4 Å². The highest BCUT2D eigenvalue weighted by molar-refractivity contribution is 7.89. The Morgan fingerprint density at radius 2 is 1.94 bits per heavy atom. The maximum atomic E-state index is 13.2. The van der Waals surface area contributed by atoms with Crippen LogP contribution in [0.1, 0.15) is 25.5 Å². The first-order valence-corrected chi connectivity index (χ1v) is 12.2. The summed E-state index contributed by atoms with van der Waals surface area (Å²) in [5.74, 6) is 0.397. The van der Waals surface area contributed by atoms with Gasteiger partial charge in [0.2, 0.25) is 10.0 Å². The van der Waals surface area contributed by atoms with Gasteiger partial charge in [0.1, 0.15) is 11.3 Å². The van der Waals surface area contributed by atoms with Crippen LogP contribution >= 0.6 is 0 Å². The van der Waals surface area contributed by atoms with Crippen molar-refractivity contribution >= 4 is 20.9 Å². The number of methoxy groups -OCH3 is 1. The molecule has 0 aliphatic rings. The molecule has 0 unspecified atom stereocenters. The van der Waals surface area contributed by atoms with Crippen molar-refractivity contribution in [2.45, 2.75) is 31.1 Å². The molecule has 0 atom stereocenters. The quantitative estimate of drug-likeness (QED) is 0.377. The lowest BCUT2D eigenvalue weighted by Crippen LogP contribution is -2.34. The highest BCUT2D eigenvalue weighted by atomic mass is 32.2. The molecule has 3 aromatic rings. The maximum absolute atomic E-state index is 13.2. The normalized spacial score (nSPS) is 12.1. The first-order valence-electron chi connectivity index (χ1n) is 10.8. The molecule has 10 nitrogen and oxygen atoms in total. The second-order valence-electron chi connectivity index (χ2n) is 7.66.